The monoisotopic (exact) mass is 299 g/mol. The van der Waals surface area contributed by atoms with Crippen molar-refractivity contribution in [2.45, 2.75) is 71.3 Å². The van der Waals surface area contributed by atoms with E-state index in [1.807, 2.05) is 11.1 Å². The highest BCUT2D eigenvalue weighted by atomic mass is 15.1. The number of fused-ring (bicyclic) bond motifs is 4. The predicted octanol–water partition coefficient (Wildman–Crippen LogP) is 5.19. The van der Waals surface area contributed by atoms with Gasteiger partial charge in [-0.3, -0.25) is 0 Å². The SMILES string of the molecule is CN(C)C1C=C[C@@]2(C)C(CCC3=C4CCC[C@@]4(C)CC[C@@H]32)C1. The van der Waals surface area contributed by atoms with Crippen molar-refractivity contribution >= 4 is 0 Å². The summed E-state index contributed by atoms with van der Waals surface area (Å²) in [6.45, 7) is 5.15. The first-order valence-corrected chi connectivity index (χ1v) is 9.52. The third-order valence-corrected chi connectivity index (χ3v) is 7.94. The Morgan fingerprint density at radius 3 is 2.68 bits per heavy atom. The van der Waals surface area contributed by atoms with Gasteiger partial charge in [0.15, 0.2) is 0 Å². The van der Waals surface area contributed by atoms with Crippen molar-refractivity contribution in [3.63, 3.8) is 0 Å². The summed E-state index contributed by atoms with van der Waals surface area (Å²) in [4.78, 5) is 2.40. The molecule has 0 radical (unpaired) electrons. The zero-order valence-corrected chi connectivity index (χ0v) is 15.0. The summed E-state index contributed by atoms with van der Waals surface area (Å²) >= 11 is 0. The van der Waals surface area contributed by atoms with Crippen LogP contribution in [0.3, 0.4) is 0 Å². The van der Waals surface area contributed by atoms with E-state index in [-0.39, 0.29) is 0 Å². The lowest BCUT2D eigenvalue weighted by molar-refractivity contribution is 0.0700. The van der Waals surface area contributed by atoms with Crippen LogP contribution in [-0.2, 0) is 0 Å². The van der Waals surface area contributed by atoms with Crippen LogP contribution in [0.4, 0.5) is 0 Å². The molecule has 0 aromatic heterocycles. The molecule has 0 aromatic rings. The quantitative estimate of drug-likeness (QED) is 0.602. The molecule has 5 atom stereocenters. The molecule has 0 N–H and O–H groups in total. The van der Waals surface area contributed by atoms with Crippen LogP contribution in [0.15, 0.2) is 23.3 Å². The van der Waals surface area contributed by atoms with Crippen molar-refractivity contribution in [3.05, 3.63) is 23.3 Å². The molecule has 122 valence electrons. The van der Waals surface area contributed by atoms with Crippen molar-refractivity contribution in [1.29, 1.82) is 0 Å². The minimum atomic E-state index is 0.441. The zero-order chi connectivity index (χ0) is 15.5. The highest BCUT2D eigenvalue weighted by molar-refractivity contribution is 5.35. The molecule has 2 unspecified atom stereocenters. The summed E-state index contributed by atoms with van der Waals surface area (Å²) in [5.41, 5.74) is 4.85. The fourth-order valence-electron chi connectivity index (χ4n) is 6.41. The minimum Gasteiger partial charge on any atom is -0.303 e. The first-order chi connectivity index (χ1) is 10.4. The van der Waals surface area contributed by atoms with E-state index in [1.54, 1.807) is 0 Å². The molecule has 0 saturated heterocycles. The van der Waals surface area contributed by atoms with Crippen LogP contribution in [0.25, 0.3) is 0 Å². The topological polar surface area (TPSA) is 3.24 Å². The van der Waals surface area contributed by atoms with Crippen molar-refractivity contribution < 1.29 is 0 Å². The molecule has 2 saturated carbocycles. The van der Waals surface area contributed by atoms with Gasteiger partial charge in [0.05, 0.1) is 0 Å². The van der Waals surface area contributed by atoms with Crippen molar-refractivity contribution in [2.24, 2.45) is 22.7 Å². The maximum absolute atomic E-state index is 2.63. The third kappa shape index (κ3) is 2.00. The maximum Gasteiger partial charge on any atom is 0.0275 e. The molecule has 4 aliphatic carbocycles. The highest BCUT2D eigenvalue weighted by Crippen LogP contribution is 2.62. The molecule has 1 nitrogen and oxygen atoms in total. The minimum absolute atomic E-state index is 0.441. The Kier molecular flexibility index (Phi) is 3.39. The highest BCUT2D eigenvalue weighted by Gasteiger charge is 2.51. The van der Waals surface area contributed by atoms with E-state index in [1.165, 1.54) is 51.4 Å². The van der Waals surface area contributed by atoms with Crippen LogP contribution in [0.1, 0.15) is 65.2 Å². The Labute approximate surface area is 136 Å². The van der Waals surface area contributed by atoms with Gasteiger partial charge in [-0.15, -0.1) is 0 Å². The smallest absolute Gasteiger partial charge is 0.0275 e. The summed E-state index contributed by atoms with van der Waals surface area (Å²) in [5.74, 6) is 1.75. The van der Waals surface area contributed by atoms with E-state index in [0.29, 0.717) is 16.9 Å². The molecule has 0 aliphatic heterocycles. The lowest BCUT2D eigenvalue weighted by Crippen LogP contribution is -2.47. The Morgan fingerprint density at radius 1 is 1.09 bits per heavy atom. The number of hydrogen-bond acceptors (Lipinski definition) is 1. The standard InChI is InChI=1S/C21H33N/c1-20-11-5-6-18(20)17-8-7-15-14-16(22(3)4)9-13-21(15,2)19(17)10-12-20/h9,13,15-16,19H,5-8,10-12,14H2,1-4H3/t15?,16?,19-,20-,21-/m0/s1. The van der Waals surface area contributed by atoms with Gasteiger partial charge in [0.2, 0.25) is 0 Å². The van der Waals surface area contributed by atoms with Gasteiger partial charge < -0.3 is 4.90 Å². The lowest BCUT2D eigenvalue weighted by atomic mass is 9.51. The second-order valence-corrected chi connectivity index (χ2v) is 9.24. The molecule has 22 heavy (non-hydrogen) atoms. The number of hydrogen-bond donors (Lipinski definition) is 0. The van der Waals surface area contributed by atoms with Gasteiger partial charge in [-0.05, 0) is 88.1 Å². The van der Waals surface area contributed by atoms with E-state index in [2.05, 4.69) is 45.0 Å². The summed E-state index contributed by atoms with van der Waals surface area (Å²) in [7, 11) is 4.47. The Hall–Kier alpha value is -0.560. The summed E-state index contributed by atoms with van der Waals surface area (Å²) in [6, 6.07) is 0.660. The normalized spacial score (nSPS) is 47.4. The first kappa shape index (κ1) is 15.0. The zero-order valence-electron chi connectivity index (χ0n) is 15.0. The fraction of sp³-hybridized carbons (Fsp3) is 0.810. The second kappa shape index (κ2) is 4.97. The molecule has 0 amide bonds. The van der Waals surface area contributed by atoms with Crippen molar-refractivity contribution in [3.8, 4) is 0 Å². The molecule has 0 bridgehead atoms. The maximum atomic E-state index is 2.63. The third-order valence-electron chi connectivity index (χ3n) is 7.94. The molecular weight excluding hydrogens is 266 g/mol. The van der Waals surface area contributed by atoms with Crippen LogP contribution in [-0.4, -0.2) is 25.0 Å². The van der Waals surface area contributed by atoms with E-state index in [4.69, 9.17) is 0 Å². The van der Waals surface area contributed by atoms with Gasteiger partial charge in [0, 0.05) is 6.04 Å². The van der Waals surface area contributed by atoms with Gasteiger partial charge in [-0.2, -0.15) is 0 Å². The molecule has 4 rings (SSSR count). The van der Waals surface area contributed by atoms with Gasteiger partial charge in [0.25, 0.3) is 0 Å². The van der Waals surface area contributed by atoms with Gasteiger partial charge >= 0.3 is 0 Å². The molecule has 1 heteroatoms. The first-order valence-electron chi connectivity index (χ1n) is 9.52. The average molecular weight is 300 g/mol. The Balaban J connectivity index is 1.71. The number of likely N-dealkylation sites (N-methyl/N-ethyl adjacent to an activating group) is 1. The molecule has 0 aromatic carbocycles. The van der Waals surface area contributed by atoms with E-state index in [0.717, 1.165) is 11.8 Å². The van der Waals surface area contributed by atoms with E-state index >= 15 is 0 Å². The van der Waals surface area contributed by atoms with E-state index in [9.17, 15) is 0 Å². The average Bonchev–Trinajstić information content (AvgIpc) is 2.88. The summed E-state index contributed by atoms with van der Waals surface area (Å²) in [5, 5.41) is 0. The van der Waals surface area contributed by atoms with Crippen molar-refractivity contribution in [2.75, 3.05) is 14.1 Å². The van der Waals surface area contributed by atoms with E-state index < -0.39 is 0 Å². The van der Waals surface area contributed by atoms with Crippen LogP contribution >= 0.6 is 0 Å². The van der Waals surface area contributed by atoms with Crippen molar-refractivity contribution in [1.82, 2.24) is 4.90 Å². The summed E-state index contributed by atoms with van der Waals surface area (Å²) < 4.78 is 0. The largest absolute Gasteiger partial charge is 0.303 e. The lowest BCUT2D eigenvalue weighted by Gasteiger charge is -2.54. The Morgan fingerprint density at radius 2 is 1.91 bits per heavy atom. The van der Waals surface area contributed by atoms with Crippen LogP contribution in [0.2, 0.25) is 0 Å². The van der Waals surface area contributed by atoms with Gasteiger partial charge in [-0.1, -0.05) is 37.1 Å². The second-order valence-electron chi connectivity index (χ2n) is 9.24. The number of nitrogens with zero attached hydrogens (tertiary/aromatic N) is 1. The number of allylic oxidation sites excluding steroid dienone is 3. The Bertz CT molecular complexity index is 528. The van der Waals surface area contributed by atoms with Crippen LogP contribution in [0.5, 0.6) is 0 Å². The fourth-order valence-corrected chi connectivity index (χ4v) is 6.41. The molecule has 0 spiro atoms. The molecule has 0 heterocycles. The molecule has 4 aliphatic rings. The summed E-state index contributed by atoms with van der Waals surface area (Å²) in [6.07, 6.45) is 16.6. The number of rotatable bonds is 1. The van der Waals surface area contributed by atoms with Gasteiger partial charge in [0.1, 0.15) is 0 Å². The molecular formula is C21H33N. The predicted molar refractivity (Wildman–Crippen MR) is 93.8 cm³/mol. The van der Waals surface area contributed by atoms with Gasteiger partial charge in [-0.25, -0.2) is 0 Å². The van der Waals surface area contributed by atoms with Crippen LogP contribution in [0, 0.1) is 22.7 Å². The molecule has 2 fully saturated rings. The van der Waals surface area contributed by atoms with Crippen LogP contribution < -0.4 is 0 Å².